The first kappa shape index (κ1) is 19.1. The van der Waals surface area contributed by atoms with Crippen LogP contribution in [0.25, 0.3) is 0 Å². The van der Waals surface area contributed by atoms with Crippen molar-refractivity contribution in [3.8, 4) is 0 Å². The zero-order valence-electron chi connectivity index (χ0n) is 12.5. The first-order valence-corrected chi connectivity index (χ1v) is 7.34. The van der Waals surface area contributed by atoms with Crippen LogP contribution in [0.15, 0.2) is 17.6 Å². The molecule has 6 nitrogen and oxygen atoms in total. The van der Waals surface area contributed by atoms with Crippen LogP contribution in [0.1, 0.15) is 44.9 Å². The number of aliphatic carboxylic acids is 2. The highest BCUT2D eigenvalue weighted by Gasteiger charge is 2.00. The summed E-state index contributed by atoms with van der Waals surface area (Å²) < 4.78 is 0. The molecule has 0 radical (unpaired) electrons. The lowest BCUT2D eigenvalue weighted by molar-refractivity contribution is -0.138. The van der Waals surface area contributed by atoms with Gasteiger partial charge in [-0.05, 0) is 12.8 Å². The summed E-state index contributed by atoms with van der Waals surface area (Å²) in [7, 11) is 0. The Morgan fingerprint density at radius 1 is 1.10 bits per heavy atom. The average Bonchev–Trinajstić information content (AvgIpc) is 2.91. The number of carbonyl (C=O) groups is 2. The lowest BCUT2D eigenvalue weighted by Gasteiger charge is -2.08. The minimum atomic E-state index is -0.759. The van der Waals surface area contributed by atoms with Gasteiger partial charge in [0.15, 0.2) is 0 Å². The van der Waals surface area contributed by atoms with Crippen molar-refractivity contribution in [2.45, 2.75) is 44.9 Å². The third-order valence-corrected chi connectivity index (χ3v) is 2.91. The van der Waals surface area contributed by atoms with E-state index in [0.29, 0.717) is 12.8 Å². The van der Waals surface area contributed by atoms with E-state index in [4.69, 9.17) is 10.2 Å². The molecular formula is C15H26N2O4. The smallest absolute Gasteiger partial charge is 0.303 e. The standard InChI is InChI=1S/C9H16O4.C6H10N2/c10-8(11)6-4-2-1-3-5-7-9(12)13;1-2-4-8-5-3-7-6-8/h1-7H2,(H,10,11)(H,12,13);2,6H,1,3-5H2. The minimum absolute atomic E-state index is 0.221. The second-order valence-corrected chi connectivity index (χ2v) is 4.86. The number of carboxylic acid groups (broad SMARTS) is 2. The number of nitrogens with zero attached hydrogens (tertiary/aromatic N) is 2. The molecule has 120 valence electrons. The highest BCUT2D eigenvalue weighted by atomic mass is 16.4. The van der Waals surface area contributed by atoms with Gasteiger partial charge in [0.1, 0.15) is 0 Å². The second kappa shape index (κ2) is 13.1. The van der Waals surface area contributed by atoms with Crippen LogP contribution in [0, 0.1) is 0 Å². The van der Waals surface area contributed by atoms with Gasteiger partial charge in [0.2, 0.25) is 0 Å². The van der Waals surface area contributed by atoms with Crippen molar-refractivity contribution in [2.24, 2.45) is 4.99 Å². The summed E-state index contributed by atoms with van der Waals surface area (Å²) in [4.78, 5) is 26.4. The third kappa shape index (κ3) is 14.4. The van der Waals surface area contributed by atoms with Crippen molar-refractivity contribution in [3.05, 3.63) is 12.7 Å². The van der Waals surface area contributed by atoms with E-state index in [1.165, 1.54) is 0 Å². The number of hydrogen-bond acceptors (Lipinski definition) is 4. The molecule has 0 spiro atoms. The SMILES string of the molecule is C=CCN1C=NCC1.O=C(O)CCCCCCCC(=O)O. The van der Waals surface area contributed by atoms with Gasteiger partial charge in [-0.25, -0.2) is 0 Å². The molecule has 1 aliphatic rings. The first-order valence-electron chi connectivity index (χ1n) is 7.34. The maximum absolute atomic E-state index is 10.1. The van der Waals surface area contributed by atoms with Crippen molar-refractivity contribution < 1.29 is 19.8 Å². The average molecular weight is 298 g/mol. The summed E-state index contributed by atoms with van der Waals surface area (Å²) in [5.41, 5.74) is 0. The van der Waals surface area contributed by atoms with E-state index >= 15 is 0 Å². The molecule has 1 aliphatic heterocycles. The zero-order chi connectivity index (χ0) is 15.9. The highest BCUT2D eigenvalue weighted by molar-refractivity contribution is 5.66. The molecule has 2 N–H and O–H groups in total. The Morgan fingerprint density at radius 3 is 2.00 bits per heavy atom. The van der Waals surface area contributed by atoms with Gasteiger partial charge < -0.3 is 15.1 Å². The monoisotopic (exact) mass is 298 g/mol. The molecule has 0 unspecified atom stereocenters. The van der Waals surface area contributed by atoms with Gasteiger partial charge in [0.05, 0.1) is 12.9 Å². The van der Waals surface area contributed by atoms with Gasteiger partial charge in [-0.2, -0.15) is 0 Å². The van der Waals surface area contributed by atoms with Gasteiger partial charge in [-0.1, -0.05) is 25.3 Å². The zero-order valence-corrected chi connectivity index (χ0v) is 12.5. The first-order chi connectivity index (χ1) is 10.1. The molecule has 6 heteroatoms. The van der Waals surface area contributed by atoms with E-state index in [0.717, 1.165) is 38.9 Å². The molecule has 0 aromatic carbocycles. The topological polar surface area (TPSA) is 90.2 Å². The van der Waals surface area contributed by atoms with Gasteiger partial charge in [0, 0.05) is 25.9 Å². The van der Waals surface area contributed by atoms with Crippen molar-refractivity contribution in [2.75, 3.05) is 19.6 Å². The van der Waals surface area contributed by atoms with Crippen LogP contribution in [0.2, 0.25) is 0 Å². The molecule has 0 amide bonds. The predicted molar refractivity (Wildman–Crippen MR) is 82.7 cm³/mol. The summed E-state index contributed by atoms with van der Waals surface area (Å²) in [6.07, 6.45) is 8.29. The molecule has 0 saturated carbocycles. The fraction of sp³-hybridized carbons (Fsp3) is 0.667. The van der Waals surface area contributed by atoms with Gasteiger partial charge in [-0.3, -0.25) is 14.6 Å². The molecule has 0 bridgehead atoms. The third-order valence-electron chi connectivity index (χ3n) is 2.91. The lowest BCUT2D eigenvalue weighted by Crippen LogP contribution is -2.18. The van der Waals surface area contributed by atoms with Gasteiger partial charge in [-0.15, -0.1) is 6.58 Å². The van der Waals surface area contributed by atoms with E-state index in [1.807, 2.05) is 12.4 Å². The molecule has 0 aromatic heterocycles. The molecule has 0 atom stereocenters. The molecule has 0 saturated heterocycles. The van der Waals surface area contributed by atoms with Crippen molar-refractivity contribution >= 4 is 18.3 Å². The van der Waals surface area contributed by atoms with E-state index in [9.17, 15) is 9.59 Å². The Kier molecular flexibility index (Phi) is 12.0. The van der Waals surface area contributed by atoms with Crippen LogP contribution in [-0.4, -0.2) is 53.0 Å². The summed E-state index contributed by atoms with van der Waals surface area (Å²) in [5.74, 6) is -1.52. The van der Waals surface area contributed by atoms with Crippen LogP contribution in [-0.2, 0) is 9.59 Å². The van der Waals surface area contributed by atoms with Crippen LogP contribution in [0.4, 0.5) is 0 Å². The van der Waals surface area contributed by atoms with E-state index in [2.05, 4.69) is 16.5 Å². The number of rotatable bonds is 10. The fourth-order valence-corrected chi connectivity index (χ4v) is 1.80. The lowest BCUT2D eigenvalue weighted by atomic mass is 10.1. The van der Waals surface area contributed by atoms with E-state index in [1.54, 1.807) is 0 Å². The summed E-state index contributed by atoms with van der Waals surface area (Å²) in [5, 5.41) is 16.6. The Bertz CT molecular complexity index is 325. The molecule has 1 rings (SSSR count). The van der Waals surface area contributed by atoms with Crippen LogP contribution >= 0.6 is 0 Å². The van der Waals surface area contributed by atoms with Gasteiger partial charge in [0.25, 0.3) is 0 Å². The molecular weight excluding hydrogens is 272 g/mol. The van der Waals surface area contributed by atoms with E-state index in [-0.39, 0.29) is 12.8 Å². The van der Waals surface area contributed by atoms with E-state index < -0.39 is 11.9 Å². The van der Waals surface area contributed by atoms with Crippen LogP contribution in [0.3, 0.4) is 0 Å². The maximum atomic E-state index is 10.1. The molecule has 0 aliphatic carbocycles. The minimum Gasteiger partial charge on any atom is -0.481 e. The maximum Gasteiger partial charge on any atom is 0.303 e. The predicted octanol–water partition coefficient (Wildman–Crippen LogP) is 2.40. The molecule has 1 heterocycles. The van der Waals surface area contributed by atoms with Crippen molar-refractivity contribution in [1.29, 1.82) is 0 Å². The fourth-order valence-electron chi connectivity index (χ4n) is 1.80. The number of hydrogen-bond donors (Lipinski definition) is 2. The Balaban J connectivity index is 0.000000423. The van der Waals surface area contributed by atoms with Crippen molar-refractivity contribution in [1.82, 2.24) is 4.90 Å². The summed E-state index contributed by atoms with van der Waals surface area (Å²) >= 11 is 0. The summed E-state index contributed by atoms with van der Waals surface area (Å²) in [6, 6.07) is 0. The molecule has 21 heavy (non-hydrogen) atoms. The normalized spacial score (nSPS) is 12.7. The van der Waals surface area contributed by atoms with Gasteiger partial charge >= 0.3 is 11.9 Å². The number of carboxylic acids is 2. The quantitative estimate of drug-likeness (QED) is 0.477. The molecule has 0 fully saturated rings. The Hall–Kier alpha value is -1.85. The molecule has 0 aromatic rings. The van der Waals surface area contributed by atoms with Crippen LogP contribution < -0.4 is 0 Å². The largest absolute Gasteiger partial charge is 0.481 e. The second-order valence-electron chi connectivity index (χ2n) is 4.86. The van der Waals surface area contributed by atoms with Crippen LogP contribution in [0.5, 0.6) is 0 Å². The number of unbranched alkanes of at least 4 members (excludes halogenated alkanes) is 4. The number of aliphatic imine (C=N–C) groups is 1. The Labute approximate surface area is 126 Å². The summed E-state index contributed by atoms with van der Waals surface area (Å²) in [6.45, 7) is 6.57. The highest BCUT2D eigenvalue weighted by Crippen LogP contribution is 2.06. The van der Waals surface area contributed by atoms with Crippen molar-refractivity contribution in [3.63, 3.8) is 0 Å². The Morgan fingerprint density at radius 2 is 1.62 bits per heavy atom.